The van der Waals surface area contributed by atoms with Crippen molar-refractivity contribution in [3.05, 3.63) is 0 Å². The molecule has 0 saturated carbocycles. The summed E-state index contributed by atoms with van der Waals surface area (Å²) in [4.78, 5) is 10.9. The number of methoxy groups -OCH3 is 2. The van der Waals surface area contributed by atoms with Crippen molar-refractivity contribution in [2.24, 2.45) is 0 Å². The Kier molecular flexibility index (Phi) is 0.213. The van der Waals surface area contributed by atoms with Crippen molar-refractivity contribution in [3.8, 4) is 0 Å². The molecule has 10 aliphatic heterocycles. The first kappa shape index (κ1) is 6.74. The molecule has 4 unspecified atom stereocenters. The van der Waals surface area contributed by atoms with Gasteiger partial charge in [-0.1, -0.05) is 0 Å². The molecule has 4 atom stereocenters. The maximum absolute atomic E-state index is 5.82. The van der Waals surface area contributed by atoms with Gasteiger partial charge in [0.25, 0.3) is 0 Å². The van der Waals surface area contributed by atoms with E-state index in [-0.39, 0.29) is 0 Å². The summed E-state index contributed by atoms with van der Waals surface area (Å²) in [6.45, 7) is -0.713. The van der Waals surface area contributed by atoms with Crippen LogP contribution >= 0.6 is 0 Å². The summed E-state index contributed by atoms with van der Waals surface area (Å²) in [5.74, 6) is 0. The Balaban J connectivity index is 1.64. The molecule has 0 aromatic heterocycles. The molecule has 0 aromatic carbocycles. The monoisotopic (exact) mass is 274 g/mol. The van der Waals surface area contributed by atoms with Crippen LogP contribution in [0.15, 0.2) is 0 Å². The van der Waals surface area contributed by atoms with Crippen LogP contribution in [-0.4, -0.2) is 27.4 Å². The molecule has 10 saturated heterocycles. The van der Waals surface area contributed by atoms with E-state index in [0.717, 1.165) is 8.63 Å². The van der Waals surface area contributed by atoms with Gasteiger partial charge in [0.05, 0.1) is 0 Å². The third-order valence-corrected chi connectivity index (χ3v) is 60.1. The molecule has 17 heavy (non-hydrogen) atoms. The van der Waals surface area contributed by atoms with Crippen molar-refractivity contribution in [2.45, 2.75) is 47.2 Å². The van der Waals surface area contributed by atoms with Crippen LogP contribution in [0.2, 0.25) is 47.2 Å². The third kappa shape index (κ3) is 0.0618. The molecule has 0 radical (unpaired) electrons. The summed E-state index contributed by atoms with van der Waals surface area (Å²) in [6, 6.07) is 0. The minimum absolute atomic E-state index is 0.844. The standard InChI is InChI=1S/C9H13O2.C5H5.Fe/c1-10-6-8-4-3-5-9(8)7-11-2;1-2-4-5-3-1;/h3-5H,6-7H2,1-2H3;1-5H;. The molecule has 3 heteroatoms. The number of ether oxygens (including phenoxy) is 2. The average Bonchev–Trinajstić information content (AvgIpc) is 3.24. The molecule has 0 aromatic rings. The number of fused-ring (bicyclic) bond motifs is 10. The first-order valence-electron chi connectivity index (χ1n) is 7.25. The second-order valence-electron chi connectivity index (χ2n) is 10.9. The van der Waals surface area contributed by atoms with Gasteiger partial charge in [-0.3, -0.25) is 0 Å². The van der Waals surface area contributed by atoms with Crippen molar-refractivity contribution in [2.75, 3.05) is 27.4 Å². The molecule has 10 heterocycles. The van der Waals surface area contributed by atoms with Gasteiger partial charge in [-0.2, -0.15) is 0 Å². The van der Waals surface area contributed by atoms with Gasteiger partial charge in [0.1, 0.15) is 0 Å². The molecule has 0 bridgehead atoms. The predicted molar refractivity (Wildman–Crippen MR) is 59.1 cm³/mol. The van der Waals surface area contributed by atoms with Gasteiger partial charge >= 0.3 is 90.6 Å². The minimum atomic E-state index is -3.04. The van der Waals surface area contributed by atoms with Crippen molar-refractivity contribution in [1.29, 1.82) is 0 Å². The summed E-state index contributed by atoms with van der Waals surface area (Å²) in [6.07, 6.45) is 0. The summed E-state index contributed by atoms with van der Waals surface area (Å²) >= 11 is 0. The van der Waals surface area contributed by atoms with Crippen LogP contribution in [0.25, 0.3) is 0 Å². The van der Waals surface area contributed by atoms with E-state index in [2.05, 4.69) is 0 Å². The Bertz CT molecular complexity index is 882. The molecule has 0 N–H and O–H groups in total. The summed E-state index contributed by atoms with van der Waals surface area (Å²) in [5, 5.41) is 0. The third-order valence-electron chi connectivity index (χ3n) is 16.2. The van der Waals surface area contributed by atoms with E-state index in [1.165, 1.54) is 51.7 Å². The van der Waals surface area contributed by atoms with Gasteiger partial charge in [0.15, 0.2) is 0 Å². The first-order chi connectivity index (χ1) is 8.06. The molecule has 2 nitrogen and oxygen atoms in total. The molecule has 0 aliphatic carbocycles. The normalized spacial score (nSPS) is 124. The van der Waals surface area contributed by atoms with E-state index < -0.39 is 6.51 Å². The predicted octanol–water partition coefficient (Wildman–Crippen LogP) is 3.41. The van der Waals surface area contributed by atoms with E-state index in [9.17, 15) is 0 Å². The van der Waals surface area contributed by atoms with Crippen LogP contribution < -0.4 is 0 Å². The molecule has 10 fully saturated rings. The molecule has 94 valence electrons. The van der Waals surface area contributed by atoms with Crippen molar-refractivity contribution < 1.29 is 16.0 Å². The number of hydrogen-bond donors (Lipinski definition) is 0. The van der Waals surface area contributed by atoms with Crippen molar-refractivity contribution in [3.63, 3.8) is 0 Å². The zero-order chi connectivity index (χ0) is 10.8. The number of hydrogen-bond acceptors (Lipinski definition) is 2. The Labute approximate surface area is 90.7 Å². The summed E-state index contributed by atoms with van der Waals surface area (Å²) in [5.41, 5.74) is 0. The Morgan fingerprint density at radius 1 is 0.765 bits per heavy atom. The van der Waals surface area contributed by atoms with Crippen LogP contribution in [0.4, 0.5) is 0 Å². The fourth-order valence-corrected chi connectivity index (χ4v) is 95.6. The quantitative estimate of drug-likeness (QED) is 0.731. The van der Waals surface area contributed by atoms with Gasteiger partial charge in [-0.15, -0.1) is 0 Å². The fraction of sp³-hybridized carbons (Fsp3) is 1.00. The van der Waals surface area contributed by atoms with Gasteiger partial charge in [-0.05, 0) is 0 Å². The summed E-state index contributed by atoms with van der Waals surface area (Å²) in [7, 11) is 3.93. The van der Waals surface area contributed by atoms with Gasteiger partial charge < -0.3 is 0 Å². The molecule has 10 aliphatic rings. The second-order valence-corrected chi connectivity index (χ2v) is 34.4. The van der Waals surface area contributed by atoms with E-state index in [1.807, 2.05) is 14.2 Å². The summed E-state index contributed by atoms with van der Waals surface area (Å²) < 4.78 is 13.3. The van der Waals surface area contributed by atoms with Crippen LogP contribution in [0.3, 0.4) is 0 Å². The van der Waals surface area contributed by atoms with E-state index in [1.54, 1.807) is 0 Å². The fourth-order valence-electron chi connectivity index (χ4n) is 18.7. The van der Waals surface area contributed by atoms with Crippen LogP contribution in [-0.2, 0) is 16.0 Å². The maximum atomic E-state index is 5.82. The van der Waals surface area contributed by atoms with Crippen molar-refractivity contribution in [1.82, 2.24) is 0 Å². The van der Waals surface area contributed by atoms with Gasteiger partial charge in [0, 0.05) is 0 Å². The Morgan fingerprint density at radius 3 is 1.41 bits per heavy atom. The van der Waals surface area contributed by atoms with Crippen molar-refractivity contribution >= 4 is 0 Å². The zero-order valence-electron chi connectivity index (χ0n) is 10.2. The molecular formula is C14H18FeO2. The van der Waals surface area contributed by atoms with E-state index >= 15 is 0 Å². The Hall–Kier alpha value is 0.439. The molecule has 1 spiro atoms. The van der Waals surface area contributed by atoms with Crippen LogP contribution in [0.1, 0.15) is 0 Å². The second kappa shape index (κ2) is 0.537. The Morgan fingerprint density at radius 2 is 1.18 bits per heavy atom. The van der Waals surface area contributed by atoms with E-state index in [4.69, 9.17) is 9.47 Å². The number of rotatable bonds is 4. The van der Waals surface area contributed by atoms with E-state index in [0.29, 0.717) is 0 Å². The van der Waals surface area contributed by atoms with Gasteiger partial charge in [-0.25, -0.2) is 0 Å². The SMILES string of the molecule is COC[C]12[CH]3[CH]4[CH]5[C]1(COC)[Fe]43521678[CH]2[CH]1[CH]6[CH]7[CH]28. The van der Waals surface area contributed by atoms with Gasteiger partial charge in [0.2, 0.25) is 0 Å². The average molecular weight is 274 g/mol. The molecule has 0 amide bonds. The molecular weight excluding hydrogens is 256 g/mol. The first-order valence-corrected chi connectivity index (χ1v) is 13.5. The van der Waals surface area contributed by atoms with Crippen LogP contribution in [0.5, 0.6) is 0 Å². The topological polar surface area (TPSA) is 18.5 Å². The molecule has 10 rings (SSSR count). The van der Waals surface area contributed by atoms with Crippen LogP contribution in [0, 0.1) is 0 Å². The zero-order valence-corrected chi connectivity index (χ0v) is 11.3.